The van der Waals surface area contributed by atoms with Crippen molar-refractivity contribution >= 4 is 5.91 Å². The number of hydrogen-bond donors (Lipinski definition) is 2. The second-order valence-corrected chi connectivity index (χ2v) is 7.22. The van der Waals surface area contributed by atoms with Gasteiger partial charge >= 0.3 is 0 Å². The summed E-state index contributed by atoms with van der Waals surface area (Å²) in [5.41, 5.74) is 2.58. The molecule has 0 radical (unpaired) electrons. The Hall–Kier alpha value is -1.39. The SMILES string of the molecule is O=C(CCc1ccc(CNC2CC2)cc1)NCCN1CCCCC1. The normalized spacial score (nSPS) is 18.5. The van der Waals surface area contributed by atoms with E-state index in [4.69, 9.17) is 0 Å². The summed E-state index contributed by atoms with van der Waals surface area (Å²) >= 11 is 0. The minimum Gasteiger partial charge on any atom is -0.355 e. The molecule has 2 aliphatic rings. The lowest BCUT2D eigenvalue weighted by atomic mass is 10.1. The summed E-state index contributed by atoms with van der Waals surface area (Å²) in [4.78, 5) is 14.4. The van der Waals surface area contributed by atoms with E-state index in [0.29, 0.717) is 6.42 Å². The van der Waals surface area contributed by atoms with Gasteiger partial charge in [-0.2, -0.15) is 0 Å². The van der Waals surface area contributed by atoms with Crippen LogP contribution in [0.4, 0.5) is 0 Å². The van der Waals surface area contributed by atoms with Gasteiger partial charge in [0.05, 0.1) is 0 Å². The Morgan fingerprint density at radius 3 is 2.46 bits per heavy atom. The number of nitrogens with one attached hydrogen (secondary N) is 2. The van der Waals surface area contributed by atoms with Gasteiger partial charge in [0.2, 0.25) is 5.91 Å². The third-order valence-corrected chi connectivity index (χ3v) is 5.03. The highest BCUT2D eigenvalue weighted by atomic mass is 16.1. The van der Waals surface area contributed by atoms with Crippen LogP contribution in [0.25, 0.3) is 0 Å². The molecule has 0 spiro atoms. The number of aryl methyl sites for hydroxylation is 1. The molecular weight excluding hydrogens is 298 g/mol. The number of carbonyl (C=O) groups is 1. The predicted molar refractivity (Wildman–Crippen MR) is 97.9 cm³/mol. The van der Waals surface area contributed by atoms with E-state index in [1.54, 1.807) is 0 Å². The Kier molecular flexibility index (Phi) is 6.67. The molecule has 1 aromatic carbocycles. The molecule has 2 fully saturated rings. The summed E-state index contributed by atoms with van der Waals surface area (Å²) in [7, 11) is 0. The van der Waals surface area contributed by atoms with Crippen LogP contribution in [0.2, 0.25) is 0 Å². The van der Waals surface area contributed by atoms with Crippen LogP contribution in [0.5, 0.6) is 0 Å². The molecule has 2 N–H and O–H groups in total. The van der Waals surface area contributed by atoms with Crippen molar-refractivity contribution in [1.82, 2.24) is 15.5 Å². The highest BCUT2D eigenvalue weighted by Gasteiger charge is 2.19. The van der Waals surface area contributed by atoms with Crippen molar-refractivity contribution in [3.63, 3.8) is 0 Å². The van der Waals surface area contributed by atoms with Gasteiger partial charge in [0.15, 0.2) is 0 Å². The van der Waals surface area contributed by atoms with E-state index < -0.39 is 0 Å². The van der Waals surface area contributed by atoms with Crippen LogP contribution < -0.4 is 10.6 Å². The van der Waals surface area contributed by atoms with E-state index in [-0.39, 0.29) is 5.91 Å². The summed E-state index contributed by atoms with van der Waals surface area (Å²) in [5.74, 6) is 0.173. The quantitative estimate of drug-likeness (QED) is 0.731. The lowest BCUT2D eigenvalue weighted by molar-refractivity contribution is -0.121. The van der Waals surface area contributed by atoms with Crippen molar-refractivity contribution in [2.24, 2.45) is 0 Å². The van der Waals surface area contributed by atoms with Crippen molar-refractivity contribution in [2.45, 2.75) is 57.5 Å². The maximum atomic E-state index is 12.0. The standard InChI is InChI=1S/C20H31N3O/c24-20(21-12-15-23-13-2-1-3-14-23)11-8-17-4-6-18(7-5-17)16-22-19-9-10-19/h4-7,19,22H,1-3,8-16H2,(H,21,24). The summed E-state index contributed by atoms with van der Waals surface area (Å²) < 4.78 is 0. The second kappa shape index (κ2) is 9.19. The van der Waals surface area contributed by atoms with E-state index in [9.17, 15) is 4.79 Å². The highest BCUT2D eigenvalue weighted by molar-refractivity contribution is 5.76. The molecule has 1 aromatic rings. The summed E-state index contributed by atoms with van der Waals surface area (Å²) in [6, 6.07) is 9.42. The van der Waals surface area contributed by atoms with Crippen molar-refractivity contribution < 1.29 is 4.79 Å². The molecule has 4 heteroatoms. The number of piperidine rings is 1. The molecule has 0 bridgehead atoms. The third kappa shape index (κ3) is 6.25. The van der Waals surface area contributed by atoms with Crippen LogP contribution in [-0.2, 0) is 17.8 Å². The zero-order valence-corrected chi connectivity index (χ0v) is 14.7. The monoisotopic (exact) mass is 329 g/mol. The zero-order chi connectivity index (χ0) is 16.6. The molecule has 1 heterocycles. The van der Waals surface area contributed by atoms with E-state index in [0.717, 1.165) is 32.1 Å². The Morgan fingerprint density at radius 1 is 1.04 bits per heavy atom. The minimum absolute atomic E-state index is 0.173. The first-order valence-electron chi connectivity index (χ1n) is 9.60. The summed E-state index contributed by atoms with van der Waals surface area (Å²) in [5, 5.41) is 6.59. The molecule has 1 amide bonds. The lowest BCUT2D eigenvalue weighted by Gasteiger charge is -2.26. The van der Waals surface area contributed by atoms with Gasteiger partial charge < -0.3 is 15.5 Å². The molecule has 1 saturated carbocycles. The Morgan fingerprint density at radius 2 is 1.75 bits per heavy atom. The fourth-order valence-corrected chi connectivity index (χ4v) is 3.26. The topological polar surface area (TPSA) is 44.4 Å². The van der Waals surface area contributed by atoms with E-state index in [1.807, 2.05) is 0 Å². The van der Waals surface area contributed by atoms with Crippen molar-refractivity contribution in [3.8, 4) is 0 Å². The van der Waals surface area contributed by atoms with Crippen LogP contribution in [0, 0.1) is 0 Å². The maximum Gasteiger partial charge on any atom is 0.220 e. The number of amides is 1. The fraction of sp³-hybridized carbons (Fsp3) is 0.650. The van der Waals surface area contributed by atoms with Crippen molar-refractivity contribution in [2.75, 3.05) is 26.2 Å². The smallest absolute Gasteiger partial charge is 0.220 e. The molecule has 4 nitrogen and oxygen atoms in total. The Bertz CT molecular complexity index is 504. The number of rotatable bonds is 9. The first kappa shape index (κ1) is 17.4. The largest absolute Gasteiger partial charge is 0.355 e. The fourth-order valence-electron chi connectivity index (χ4n) is 3.26. The van der Waals surface area contributed by atoms with Crippen LogP contribution >= 0.6 is 0 Å². The third-order valence-electron chi connectivity index (χ3n) is 5.03. The van der Waals surface area contributed by atoms with Gasteiger partial charge in [0, 0.05) is 32.1 Å². The van der Waals surface area contributed by atoms with Gasteiger partial charge in [-0.3, -0.25) is 4.79 Å². The molecule has 1 aliphatic carbocycles. The molecule has 132 valence electrons. The number of nitrogens with zero attached hydrogens (tertiary/aromatic N) is 1. The van der Waals surface area contributed by atoms with Gasteiger partial charge in [0.25, 0.3) is 0 Å². The van der Waals surface area contributed by atoms with Crippen LogP contribution in [0.1, 0.15) is 49.7 Å². The van der Waals surface area contributed by atoms with Gasteiger partial charge in [-0.05, 0) is 56.3 Å². The van der Waals surface area contributed by atoms with Crippen LogP contribution in [-0.4, -0.2) is 43.0 Å². The second-order valence-electron chi connectivity index (χ2n) is 7.22. The Balaban J connectivity index is 1.28. The number of hydrogen-bond acceptors (Lipinski definition) is 3. The summed E-state index contributed by atoms with van der Waals surface area (Å²) in [6.45, 7) is 5.12. The molecule has 0 unspecified atom stereocenters. The first-order valence-corrected chi connectivity index (χ1v) is 9.60. The molecule has 1 aliphatic heterocycles. The zero-order valence-electron chi connectivity index (χ0n) is 14.7. The van der Waals surface area contributed by atoms with Crippen molar-refractivity contribution in [3.05, 3.63) is 35.4 Å². The van der Waals surface area contributed by atoms with Crippen LogP contribution in [0.3, 0.4) is 0 Å². The average Bonchev–Trinajstić information content (AvgIpc) is 3.44. The maximum absolute atomic E-state index is 12.0. The van der Waals surface area contributed by atoms with E-state index >= 15 is 0 Å². The molecular formula is C20H31N3O. The Labute approximate surface area is 146 Å². The van der Waals surface area contributed by atoms with Gasteiger partial charge in [-0.15, -0.1) is 0 Å². The van der Waals surface area contributed by atoms with Gasteiger partial charge in [0.1, 0.15) is 0 Å². The average molecular weight is 329 g/mol. The van der Waals surface area contributed by atoms with Crippen molar-refractivity contribution in [1.29, 1.82) is 0 Å². The van der Waals surface area contributed by atoms with Gasteiger partial charge in [-0.1, -0.05) is 30.7 Å². The van der Waals surface area contributed by atoms with Crippen LogP contribution in [0.15, 0.2) is 24.3 Å². The first-order chi connectivity index (χ1) is 11.8. The summed E-state index contributed by atoms with van der Waals surface area (Å²) in [6.07, 6.45) is 8.03. The number of benzene rings is 1. The number of carbonyl (C=O) groups excluding carboxylic acids is 1. The molecule has 3 rings (SSSR count). The molecule has 0 atom stereocenters. The minimum atomic E-state index is 0.173. The predicted octanol–water partition coefficient (Wildman–Crippen LogP) is 2.47. The number of likely N-dealkylation sites (tertiary alicyclic amines) is 1. The molecule has 24 heavy (non-hydrogen) atoms. The highest BCUT2D eigenvalue weighted by Crippen LogP contribution is 2.19. The lowest BCUT2D eigenvalue weighted by Crippen LogP contribution is -2.37. The molecule has 0 aromatic heterocycles. The van der Waals surface area contributed by atoms with E-state index in [1.165, 1.54) is 56.3 Å². The van der Waals surface area contributed by atoms with E-state index in [2.05, 4.69) is 39.8 Å². The van der Waals surface area contributed by atoms with Gasteiger partial charge in [-0.25, -0.2) is 0 Å². The molecule has 1 saturated heterocycles.